The van der Waals surface area contributed by atoms with Gasteiger partial charge in [0, 0.05) is 32.7 Å². The number of likely N-dealkylation sites (tertiary alicyclic amines) is 2. The van der Waals surface area contributed by atoms with Gasteiger partial charge < -0.3 is 0 Å². The van der Waals surface area contributed by atoms with Crippen molar-refractivity contribution in [3.8, 4) is 11.1 Å². The van der Waals surface area contributed by atoms with Gasteiger partial charge in [-0.2, -0.15) is 0 Å². The maximum atomic E-state index is 2.61. The Bertz CT molecular complexity index is 967. The molecule has 2 heteroatoms. The Balaban J connectivity index is 1.41. The average molecular weight is 397 g/mol. The molecule has 2 aliphatic rings. The molecule has 3 aromatic rings. The Labute approximate surface area is 181 Å². The van der Waals surface area contributed by atoms with Gasteiger partial charge in [-0.25, -0.2) is 0 Å². The SMILES string of the molecule is CC1CN(Cc2ccccc2-c2ccc(C(c3ccccc3)N3CC(C)C3)cc2)C1. The largest absolute Gasteiger partial charge is 0.298 e. The summed E-state index contributed by atoms with van der Waals surface area (Å²) in [6.45, 7) is 10.5. The molecule has 2 heterocycles. The van der Waals surface area contributed by atoms with Gasteiger partial charge in [0.15, 0.2) is 0 Å². The average Bonchev–Trinajstić information content (AvgIpc) is 2.73. The van der Waals surface area contributed by atoms with Crippen molar-refractivity contribution in [3.05, 3.63) is 95.6 Å². The molecule has 2 aliphatic heterocycles. The Morgan fingerprint density at radius 2 is 1.30 bits per heavy atom. The Morgan fingerprint density at radius 1 is 0.700 bits per heavy atom. The van der Waals surface area contributed by atoms with Crippen molar-refractivity contribution >= 4 is 0 Å². The molecule has 0 bridgehead atoms. The first-order valence-electron chi connectivity index (χ1n) is 11.4. The third-order valence-electron chi connectivity index (χ3n) is 6.66. The lowest BCUT2D eigenvalue weighted by molar-refractivity contribution is 0.0796. The summed E-state index contributed by atoms with van der Waals surface area (Å²) in [6.07, 6.45) is 0. The number of rotatable bonds is 6. The predicted molar refractivity (Wildman–Crippen MR) is 125 cm³/mol. The standard InChI is InChI=1S/C28H32N2/c1-21-16-29(17-21)20-26-10-6-7-11-27(26)23-12-14-25(15-13-23)28(30-18-22(2)19-30)24-8-4-3-5-9-24/h3-15,21-22,28H,16-20H2,1-2H3. The fraction of sp³-hybridized carbons (Fsp3) is 0.357. The van der Waals surface area contributed by atoms with E-state index in [1.165, 1.54) is 54.0 Å². The molecule has 2 nitrogen and oxygen atoms in total. The van der Waals surface area contributed by atoms with Crippen molar-refractivity contribution in [3.63, 3.8) is 0 Å². The zero-order valence-electron chi connectivity index (χ0n) is 18.2. The smallest absolute Gasteiger partial charge is 0.0602 e. The second kappa shape index (κ2) is 8.37. The van der Waals surface area contributed by atoms with Crippen LogP contribution in [0.4, 0.5) is 0 Å². The molecule has 0 spiro atoms. The van der Waals surface area contributed by atoms with Gasteiger partial charge in [-0.3, -0.25) is 9.80 Å². The number of hydrogen-bond acceptors (Lipinski definition) is 2. The number of hydrogen-bond donors (Lipinski definition) is 0. The van der Waals surface area contributed by atoms with Gasteiger partial charge in [-0.1, -0.05) is 92.7 Å². The van der Waals surface area contributed by atoms with Crippen LogP contribution in [0.3, 0.4) is 0 Å². The van der Waals surface area contributed by atoms with E-state index < -0.39 is 0 Å². The molecule has 2 fully saturated rings. The minimum absolute atomic E-state index is 0.356. The van der Waals surface area contributed by atoms with Crippen molar-refractivity contribution in [1.82, 2.24) is 9.80 Å². The lowest BCUT2D eigenvalue weighted by atomic mass is 9.89. The lowest BCUT2D eigenvalue weighted by Gasteiger charge is -2.43. The van der Waals surface area contributed by atoms with Crippen LogP contribution in [-0.2, 0) is 6.54 Å². The second-order valence-corrected chi connectivity index (χ2v) is 9.45. The van der Waals surface area contributed by atoms with Gasteiger partial charge in [-0.05, 0) is 39.7 Å². The first kappa shape index (κ1) is 19.5. The van der Waals surface area contributed by atoms with Crippen LogP contribution in [0.15, 0.2) is 78.9 Å². The summed E-state index contributed by atoms with van der Waals surface area (Å²) in [7, 11) is 0. The quantitative estimate of drug-likeness (QED) is 0.516. The van der Waals surface area contributed by atoms with Crippen molar-refractivity contribution in [1.29, 1.82) is 0 Å². The van der Waals surface area contributed by atoms with Crippen LogP contribution in [0.2, 0.25) is 0 Å². The number of benzene rings is 3. The maximum absolute atomic E-state index is 2.61. The van der Waals surface area contributed by atoms with Gasteiger partial charge in [0.1, 0.15) is 0 Å². The van der Waals surface area contributed by atoms with Crippen molar-refractivity contribution < 1.29 is 0 Å². The van der Waals surface area contributed by atoms with Crippen molar-refractivity contribution in [2.75, 3.05) is 26.2 Å². The molecule has 1 atom stereocenters. The molecule has 30 heavy (non-hydrogen) atoms. The van der Waals surface area contributed by atoms with Crippen molar-refractivity contribution in [2.45, 2.75) is 26.4 Å². The molecule has 0 aromatic heterocycles. The van der Waals surface area contributed by atoms with Crippen LogP contribution < -0.4 is 0 Å². The van der Waals surface area contributed by atoms with E-state index >= 15 is 0 Å². The van der Waals surface area contributed by atoms with E-state index in [9.17, 15) is 0 Å². The predicted octanol–water partition coefficient (Wildman–Crippen LogP) is 5.85. The fourth-order valence-electron chi connectivity index (χ4n) is 5.19. The topological polar surface area (TPSA) is 6.48 Å². The molecule has 0 amide bonds. The summed E-state index contributed by atoms with van der Waals surface area (Å²) in [5, 5.41) is 0. The molecular formula is C28H32N2. The molecule has 0 aliphatic carbocycles. The van der Waals surface area contributed by atoms with E-state index in [0.29, 0.717) is 6.04 Å². The van der Waals surface area contributed by atoms with Crippen LogP contribution in [-0.4, -0.2) is 36.0 Å². The molecule has 3 aromatic carbocycles. The summed E-state index contributed by atoms with van der Waals surface area (Å²) in [4.78, 5) is 5.16. The zero-order valence-corrected chi connectivity index (χ0v) is 18.2. The van der Waals surface area contributed by atoms with Gasteiger partial charge in [0.05, 0.1) is 6.04 Å². The third kappa shape index (κ3) is 3.95. The first-order chi connectivity index (χ1) is 14.7. The van der Waals surface area contributed by atoms with E-state index in [1.807, 2.05) is 0 Å². The van der Waals surface area contributed by atoms with Crippen LogP contribution >= 0.6 is 0 Å². The summed E-state index contributed by atoms with van der Waals surface area (Å²) in [6, 6.07) is 29.6. The van der Waals surface area contributed by atoms with Crippen LogP contribution in [0, 0.1) is 11.8 Å². The number of nitrogens with zero attached hydrogens (tertiary/aromatic N) is 2. The molecule has 5 rings (SSSR count). The van der Waals surface area contributed by atoms with Crippen LogP contribution in [0.25, 0.3) is 11.1 Å². The summed E-state index contributed by atoms with van der Waals surface area (Å²) in [5.74, 6) is 1.64. The lowest BCUT2D eigenvalue weighted by Crippen LogP contribution is -2.47. The van der Waals surface area contributed by atoms with E-state index in [-0.39, 0.29) is 0 Å². The van der Waals surface area contributed by atoms with E-state index in [4.69, 9.17) is 0 Å². The minimum Gasteiger partial charge on any atom is -0.298 e. The fourth-order valence-corrected chi connectivity index (χ4v) is 5.19. The van der Waals surface area contributed by atoms with E-state index in [2.05, 4.69) is 103 Å². The Morgan fingerprint density at radius 3 is 1.97 bits per heavy atom. The van der Waals surface area contributed by atoms with E-state index in [1.54, 1.807) is 0 Å². The highest BCUT2D eigenvalue weighted by Gasteiger charge is 2.31. The molecule has 0 N–H and O–H groups in total. The third-order valence-corrected chi connectivity index (χ3v) is 6.66. The molecule has 0 radical (unpaired) electrons. The van der Waals surface area contributed by atoms with Crippen LogP contribution in [0.1, 0.15) is 36.6 Å². The molecule has 154 valence electrons. The highest BCUT2D eigenvalue weighted by molar-refractivity contribution is 5.67. The Kier molecular flexibility index (Phi) is 5.45. The van der Waals surface area contributed by atoms with E-state index in [0.717, 1.165) is 18.4 Å². The van der Waals surface area contributed by atoms with Gasteiger partial charge in [0.25, 0.3) is 0 Å². The maximum Gasteiger partial charge on any atom is 0.0602 e. The molecular weight excluding hydrogens is 364 g/mol. The molecule has 2 saturated heterocycles. The second-order valence-electron chi connectivity index (χ2n) is 9.45. The first-order valence-corrected chi connectivity index (χ1v) is 11.4. The minimum atomic E-state index is 0.356. The van der Waals surface area contributed by atoms with Crippen LogP contribution in [0.5, 0.6) is 0 Å². The van der Waals surface area contributed by atoms with Gasteiger partial charge in [-0.15, -0.1) is 0 Å². The van der Waals surface area contributed by atoms with Gasteiger partial charge in [0.2, 0.25) is 0 Å². The molecule has 1 unspecified atom stereocenters. The highest BCUT2D eigenvalue weighted by atomic mass is 15.2. The van der Waals surface area contributed by atoms with Gasteiger partial charge >= 0.3 is 0 Å². The summed E-state index contributed by atoms with van der Waals surface area (Å²) in [5.41, 5.74) is 6.92. The zero-order chi connectivity index (χ0) is 20.5. The Hall–Kier alpha value is -2.42. The summed E-state index contributed by atoms with van der Waals surface area (Å²) < 4.78 is 0. The monoisotopic (exact) mass is 396 g/mol. The van der Waals surface area contributed by atoms with Crippen molar-refractivity contribution in [2.24, 2.45) is 11.8 Å². The molecule has 0 saturated carbocycles. The summed E-state index contributed by atoms with van der Waals surface area (Å²) >= 11 is 0. The normalized spacial score (nSPS) is 19.3. The highest BCUT2D eigenvalue weighted by Crippen LogP contribution is 2.35.